The Labute approximate surface area is 220 Å². The number of anilines is 1. The first-order valence-corrected chi connectivity index (χ1v) is 12.9. The fourth-order valence-electron chi connectivity index (χ4n) is 3.87. The molecule has 3 rings (SSSR count). The predicted octanol–water partition coefficient (Wildman–Crippen LogP) is 5.62. The maximum Gasteiger partial charge on any atom is 0.245 e. The van der Waals surface area contributed by atoms with Gasteiger partial charge in [0.2, 0.25) is 11.8 Å². The van der Waals surface area contributed by atoms with Crippen LogP contribution in [-0.4, -0.2) is 46.7 Å². The molecule has 0 bridgehead atoms. The average Bonchev–Trinajstić information content (AvgIpc) is 3.30. The van der Waals surface area contributed by atoms with Crippen LogP contribution in [0.4, 0.5) is 5.82 Å². The molecule has 0 saturated carbocycles. The molecule has 3 aromatic rings. The number of rotatable bonds is 11. The third kappa shape index (κ3) is 8.20. The van der Waals surface area contributed by atoms with E-state index in [0.717, 1.165) is 29.1 Å². The minimum Gasteiger partial charge on any atom is -0.497 e. The molecule has 0 saturated heterocycles. The van der Waals surface area contributed by atoms with Gasteiger partial charge in [-0.1, -0.05) is 65.0 Å². The summed E-state index contributed by atoms with van der Waals surface area (Å²) in [5.74, 6) is 1.48. The third-order valence-electron chi connectivity index (χ3n) is 6.20. The number of nitrogens with zero attached hydrogens (tertiary/aromatic N) is 3. The largest absolute Gasteiger partial charge is 0.497 e. The van der Waals surface area contributed by atoms with Gasteiger partial charge in [-0.25, -0.2) is 4.68 Å². The van der Waals surface area contributed by atoms with Crippen molar-refractivity contribution >= 4 is 17.6 Å². The van der Waals surface area contributed by atoms with Gasteiger partial charge in [0.05, 0.1) is 25.0 Å². The molecule has 0 unspecified atom stereocenters. The Morgan fingerprint density at radius 2 is 1.73 bits per heavy atom. The van der Waals surface area contributed by atoms with E-state index < -0.39 is 0 Å². The summed E-state index contributed by atoms with van der Waals surface area (Å²) in [6.45, 7) is 11.0. The number of hydrogen-bond acceptors (Lipinski definition) is 4. The topological polar surface area (TPSA) is 76.5 Å². The van der Waals surface area contributed by atoms with Gasteiger partial charge >= 0.3 is 0 Å². The minimum atomic E-state index is -0.244. The molecular weight excluding hydrogens is 464 g/mol. The number of ether oxygens (including phenoxy) is 1. The van der Waals surface area contributed by atoms with Crippen molar-refractivity contribution in [3.05, 3.63) is 71.9 Å². The molecule has 1 N–H and O–H groups in total. The van der Waals surface area contributed by atoms with Crippen LogP contribution in [0.1, 0.15) is 58.7 Å². The number of carbonyl (C=O) groups excluding carboxylic acids is 2. The summed E-state index contributed by atoms with van der Waals surface area (Å²) in [5, 5.41) is 7.79. The summed E-state index contributed by atoms with van der Waals surface area (Å²) in [4.78, 5) is 28.0. The summed E-state index contributed by atoms with van der Waals surface area (Å²) >= 11 is 0. The SMILES string of the molecule is COc1ccc(-n2nc(C(C)(C)C)cc2NC(=O)CN(CCC(C)C)C(=O)CCc2ccccc2)cc1. The van der Waals surface area contributed by atoms with Gasteiger partial charge in [0.15, 0.2) is 0 Å². The first-order chi connectivity index (χ1) is 17.6. The van der Waals surface area contributed by atoms with Gasteiger partial charge in [-0.2, -0.15) is 5.10 Å². The molecule has 0 atom stereocenters. The summed E-state index contributed by atoms with van der Waals surface area (Å²) in [6, 6.07) is 19.4. The molecular formula is C30H40N4O3. The number of nitrogens with one attached hydrogen (secondary N) is 1. The van der Waals surface area contributed by atoms with Crippen LogP contribution in [0.3, 0.4) is 0 Å². The summed E-state index contributed by atoms with van der Waals surface area (Å²) in [5.41, 5.74) is 2.58. The van der Waals surface area contributed by atoms with Gasteiger partial charge in [-0.3, -0.25) is 9.59 Å². The van der Waals surface area contributed by atoms with Gasteiger partial charge in [-0.15, -0.1) is 0 Å². The lowest BCUT2D eigenvalue weighted by molar-refractivity contribution is -0.134. The van der Waals surface area contributed by atoms with Crippen molar-refractivity contribution in [3.8, 4) is 11.4 Å². The van der Waals surface area contributed by atoms with Crippen LogP contribution >= 0.6 is 0 Å². The molecule has 0 radical (unpaired) electrons. The molecule has 0 aliphatic carbocycles. The van der Waals surface area contributed by atoms with E-state index in [1.165, 1.54) is 0 Å². The van der Waals surface area contributed by atoms with Crippen LogP contribution < -0.4 is 10.1 Å². The van der Waals surface area contributed by atoms with Crippen molar-refractivity contribution in [2.24, 2.45) is 5.92 Å². The van der Waals surface area contributed by atoms with E-state index in [4.69, 9.17) is 9.84 Å². The second kappa shape index (κ2) is 12.6. The fourth-order valence-corrected chi connectivity index (χ4v) is 3.87. The molecule has 0 fully saturated rings. The van der Waals surface area contributed by atoms with Crippen LogP contribution in [0, 0.1) is 5.92 Å². The van der Waals surface area contributed by atoms with Gasteiger partial charge in [-0.05, 0) is 48.6 Å². The molecule has 1 aromatic heterocycles. The van der Waals surface area contributed by atoms with Gasteiger partial charge in [0.25, 0.3) is 0 Å². The second-order valence-corrected chi connectivity index (χ2v) is 10.8. The highest BCUT2D eigenvalue weighted by molar-refractivity contribution is 5.94. The highest BCUT2D eigenvalue weighted by Crippen LogP contribution is 2.27. The third-order valence-corrected chi connectivity index (χ3v) is 6.20. The molecule has 2 amide bonds. The van der Waals surface area contributed by atoms with Crippen molar-refractivity contribution < 1.29 is 14.3 Å². The van der Waals surface area contributed by atoms with Crippen molar-refractivity contribution in [3.63, 3.8) is 0 Å². The van der Waals surface area contributed by atoms with Gasteiger partial charge < -0.3 is 15.0 Å². The molecule has 0 aliphatic rings. The number of hydrogen-bond donors (Lipinski definition) is 1. The van der Waals surface area contributed by atoms with E-state index >= 15 is 0 Å². The standard InChI is InChI=1S/C30H40N4O3/c1-22(2)18-19-33(29(36)17-12-23-10-8-7-9-11-23)21-28(35)31-27-20-26(30(3,4)5)32-34(27)24-13-15-25(37-6)16-14-24/h7-11,13-16,20,22H,12,17-19,21H2,1-6H3,(H,31,35). The van der Waals surface area contributed by atoms with Gasteiger partial charge in [0, 0.05) is 24.4 Å². The van der Waals surface area contributed by atoms with Crippen LogP contribution in [0.15, 0.2) is 60.7 Å². The fraction of sp³-hybridized carbons (Fsp3) is 0.433. The molecule has 7 nitrogen and oxygen atoms in total. The zero-order valence-corrected chi connectivity index (χ0v) is 23.0. The number of aryl methyl sites for hydroxylation is 1. The number of methoxy groups -OCH3 is 1. The smallest absolute Gasteiger partial charge is 0.245 e. The lowest BCUT2D eigenvalue weighted by Crippen LogP contribution is -2.39. The van der Waals surface area contributed by atoms with Crippen LogP contribution in [0.25, 0.3) is 5.69 Å². The highest BCUT2D eigenvalue weighted by Gasteiger charge is 2.23. The number of aromatic nitrogens is 2. The lowest BCUT2D eigenvalue weighted by atomic mass is 9.92. The Bertz CT molecular complexity index is 1160. The van der Waals surface area contributed by atoms with E-state index in [2.05, 4.69) is 39.9 Å². The normalized spacial score (nSPS) is 11.4. The van der Waals surface area contributed by atoms with Crippen molar-refractivity contribution in [1.29, 1.82) is 0 Å². The van der Waals surface area contributed by atoms with Crippen LogP contribution in [-0.2, 0) is 21.4 Å². The molecule has 2 aromatic carbocycles. The first kappa shape index (κ1) is 28.0. The molecule has 198 valence electrons. The molecule has 1 heterocycles. The van der Waals surface area contributed by atoms with E-state index in [-0.39, 0.29) is 23.8 Å². The van der Waals surface area contributed by atoms with E-state index in [9.17, 15) is 9.59 Å². The van der Waals surface area contributed by atoms with Crippen molar-refractivity contribution in [2.75, 3.05) is 25.5 Å². The maximum atomic E-state index is 13.2. The van der Waals surface area contributed by atoms with E-state index in [0.29, 0.717) is 31.1 Å². The molecule has 0 spiro atoms. The summed E-state index contributed by atoms with van der Waals surface area (Å²) in [7, 11) is 1.62. The maximum absolute atomic E-state index is 13.2. The van der Waals surface area contributed by atoms with Gasteiger partial charge in [0.1, 0.15) is 11.6 Å². The summed E-state index contributed by atoms with van der Waals surface area (Å²) in [6.07, 6.45) is 1.86. The Kier molecular flexibility index (Phi) is 9.50. The molecule has 0 aliphatic heterocycles. The summed E-state index contributed by atoms with van der Waals surface area (Å²) < 4.78 is 7.01. The second-order valence-electron chi connectivity index (χ2n) is 10.8. The monoisotopic (exact) mass is 504 g/mol. The Hall–Kier alpha value is -3.61. The number of benzene rings is 2. The van der Waals surface area contributed by atoms with Crippen molar-refractivity contribution in [1.82, 2.24) is 14.7 Å². The molecule has 37 heavy (non-hydrogen) atoms. The molecule has 7 heteroatoms. The average molecular weight is 505 g/mol. The zero-order chi connectivity index (χ0) is 27.0. The predicted molar refractivity (Wildman–Crippen MR) is 148 cm³/mol. The highest BCUT2D eigenvalue weighted by atomic mass is 16.5. The minimum absolute atomic E-state index is 0.00101. The zero-order valence-electron chi connectivity index (χ0n) is 23.0. The Morgan fingerprint density at radius 3 is 2.32 bits per heavy atom. The van der Waals surface area contributed by atoms with Crippen LogP contribution in [0.2, 0.25) is 0 Å². The first-order valence-electron chi connectivity index (χ1n) is 12.9. The quantitative estimate of drug-likeness (QED) is 0.367. The number of carbonyl (C=O) groups is 2. The van der Waals surface area contributed by atoms with Crippen molar-refractivity contribution in [2.45, 2.75) is 59.3 Å². The van der Waals surface area contributed by atoms with E-state index in [1.54, 1.807) is 16.7 Å². The Balaban J connectivity index is 1.77. The number of amides is 2. The lowest BCUT2D eigenvalue weighted by Gasteiger charge is -2.23. The Morgan fingerprint density at radius 1 is 1.05 bits per heavy atom. The van der Waals surface area contributed by atoms with Crippen LogP contribution in [0.5, 0.6) is 5.75 Å². The van der Waals surface area contributed by atoms with E-state index in [1.807, 2.05) is 60.7 Å².